The van der Waals surface area contributed by atoms with Gasteiger partial charge in [0.25, 0.3) is 0 Å². The van der Waals surface area contributed by atoms with Crippen LogP contribution in [0.2, 0.25) is 0 Å². The highest BCUT2D eigenvalue weighted by Crippen LogP contribution is 2.15. The smallest absolute Gasteiger partial charge is 0.0941 e. The van der Waals surface area contributed by atoms with Crippen LogP contribution in [0.1, 0.15) is 129 Å². The molecule has 3 nitrogen and oxygen atoms in total. The molecule has 0 aromatic rings. The fourth-order valence-corrected chi connectivity index (χ4v) is 3.50. The summed E-state index contributed by atoms with van der Waals surface area (Å²) in [5.74, 6) is 0. The van der Waals surface area contributed by atoms with Crippen molar-refractivity contribution in [1.82, 2.24) is 0 Å². The van der Waals surface area contributed by atoms with Crippen molar-refractivity contribution in [2.75, 3.05) is 6.61 Å². The highest BCUT2D eigenvalue weighted by molar-refractivity contribution is 4.64. The average molecular weight is 356 g/mol. The summed E-state index contributed by atoms with van der Waals surface area (Å²) < 4.78 is 0. The van der Waals surface area contributed by atoms with E-state index in [0.29, 0.717) is 6.42 Å². The Balaban J connectivity index is 3.08. The quantitative estimate of drug-likeness (QED) is 0.171. The molecule has 0 amide bonds. The molecule has 1 atom stereocenters. The summed E-state index contributed by atoms with van der Waals surface area (Å²) in [6.45, 7) is 2.36. The zero-order chi connectivity index (χ0) is 18.4. The lowest BCUT2D eigenvalue weighted by molar-refractivity contribution is 0.272. The largest absolute Gasteiger partial charge is 0.396 e. The number of aliphatic hydroxyl groups excluding tert-OH is 1. The Kier molecular flexibility index (Phi) is 21.2. The van der Waals surface area contributed by atoms with E-state index in [2.05, 4.69) is 12.1 Å². The molecule has 0 radical (unpaired) electrons. The van der Waals surface area contributed by atoms with Gasteiger partial charge in [-0.2, -0.15) is 4.91 Å². The van der Waals surface area contributed by atoms with Crippen LogP contribution in [0.25, 0.3) is 0 Å². The zero-order valence-corrected chi connectivity index (χ0v) is 17.0. The lowest BCUT2D eigenvalue weighted by Gasteiger charge is -2.06. The van der Waals surface area contributed by atoms with Crippen LogP contribution in [0.15, 0.2) is 5.18 Å². The van der Waals surface area contributed by atoms with Gasteiger partial charge in [0.1, 0.15) is 0 Å². The van der Waals surface area contributed by atoms with Crippen molar-refractivity contribution >= 4 is 0 Å². The molecule has 0 spiro atoms. The maximum Gasteiger partial charge on any atom is 0.0941 e. The van der Waals surface area contributed by atoms with Gasteiger partial charge in [-0.05, 0) is 12.8 Å². The lowest BCUT2D eigenvalue weighted by atomic mass is 10.0. The van der Waals surface area contributed by atoms with Crippen LogP contribution in [0, 0.1) is 4.91 Å². The minimum Gasteiger partial charge on any atom is -0.396 e. The summed E-state index contributed by atoms with van der Waals surface area (Å²) in [5, 5.41) is 11.9. The molecule has 0 aliphatic heterocycles. The maximum absolute atomic E-state index is 10.5. The molecule has 150 valence electrons. The molecule has 0 bridgehead atoms. The van der Waals surface area contributed by atoms with Gasteiger partial charge in [0, 0.05) is 6.61 Å². The topological polar surface area (TPSA) is 49.7 Å². The molecule has 0 fully saturated rings. The molecule has 0 saturated heterocycles. The second-order valence-electron chi connectivity index (χ2n) is 7.72. The predicted octanol–water partition coefficient (Wildman–Crippen LogP) is 7.55. The third-order valence-electron chi connectivity index (χ3n) is 5.25. The average Bonchev–Trinajstić information content (AvgIpc) is 2.63. The fourth-order valence-electron chi connectivity index (χ4n) is 3.50. The van der Waals surface area contributed by atoms with E-state index in [1.165, 1.54) is 103 Å². The van der Waals surface area contributed by atoms with Gasteiger partial charge >= 0.3 is 0 Å². The van der Waals surface area contributed by atoms with E-state index < -0.39 is 0 Å². The number of aliphatic hydroxyl groups is 1. The van der Waals surface area contributed by atoms with Crippen LogP contribution < -0.4 is 0 Å². The van der Waals surface area contributed by atoms with Gasteiger partial charge < -0.3 is 5.11 Å². The molecule has 0 aromatic heterocycles. The van der Waals surface area contributed by atoms with Crippen molar-refractivity contribution in [3.8, 4) is 0 Å². The normalized spacial score (nSPS) is 12.4. The highest BCUT2D eigenvalue weighted by atomic mass is 16.3. The van der Waals surface area contributed by atoms with Crippen molar-refractivity contribution in [3.63, 3.8) is 0 Å². The molecule has 0 rings (SSSR count). The van der Waals surface area contributed by atoms with Gasteiger partial charge in [-0.25, -0.2) is 0 Å². The van der Waals surface area contributed by atoms with E-state index in [1.54, 1.807) is 0 Å². The Labute approximate surface area is 157 Å². The molecule has 1 N–H and O–H groups in total. The minimum atomic E-state index is -0.165. The van der Waals surface area contributed by atoms with E-state index in [0.717, 1.165) is 12.8 Å². The Bertz CT molecular complexity index is 258. The number of hydrogen-bond donors (Lipinski definition) is 1. The second kappa shape index (κ2) is 21.6. The van der Waals surface area contributed by atoms with Gasteiger partial charge in [-0.1, -0.05) is 121 Å². The number of nitroso groups, excluding NO2 is 1. The monoisotopic (exact) mass is 355 g/mol. The number of nitrogens with zero attached hydrogens (tertiary/aromatic N) is 1. The summed E-state index contributed by atoms with van der Waals surface area (Å²) in [7, 11) is 0. The van der Waals surface area contributed by atoms with Gasteiger partial charge in [-0.3, -0.25) is 0 Å². The van der Waals surface area contributed by atoms with E-state index in [9.17, 15) is 4.91 Å². The molecule has 0 aliphatic rings. The fraction of sp³-hybridized carbons (Fsp3) is 1.00. The third-order valence-corrected chi connectivity index (χ3v) is 5.25. The van der Waals surface area contributed by atoms with Crippen LogP contribution in [0.3, 0.4) is 0 Å². The Hall–Kier alpha value is -0.440. The third kappa shape index (κ3) is 19.7. The summed E-state index contributed by atoms with van der Waals surface area (Å²) >= 11 is 0. The SMILES string of the molecule is CCCCCCCCCCCCCCCCCCCC(CCO)N=O. The number of hydrogen-bond acceptors (Lipinski definition) is 3. The van der Waals surface area contributed by atoms with E-state index in [1.807, 2.05) is 0 Å². The molecule has 0 heterocycles. The molecule has 1 unspecified atom stereocenters. The van der Waals surface area contributed by atoms with Crippen LogP contribution in [0.5, 0.6) is 0 Å². The molecule has 0 aromatic carbocycles. The van der Waals surface area contributed by atoms with Crippen molar-refractivity contribution in [2.24, 2.45) is 5.18 Å². The Morgan fingerprint density at radius 3 is 1.28 bits per heavy atom. The first-order valence-corrected chi connectivity index (χ1v) is 11.3. The number of unbranched alkanes of at least 4 members (excludes halogenated alkanes) is 16. The van der Waals surface area contributed by atoms with E-state index >= 15 is 0 Å². The summed E-state index contributed by atoms with van der Waals surface area (Å²) in [6, 6.07) is -0.165. The molecule has 3 heteroatoms. The maximum atomic E-state index is 10.5. The van der Waals surface area contributed by atoms with Crippen LogP contribution >= 0.6 is 0 Å². The van der Waals surface area contributed by atoms with Gasteiger partial charge in [-0.15, -0.1) is 0 Å². The predicted molar refractivity (Wildman–Crippen MR) is 110 cm³/mol. The minimum absolute atomic E-state index is 0.0787. The van der Waals surface area contributed by atoms with Crippen LogP contribution in [0.4, 0.5) is 0 Å². The Morgan fingerprint density at radius 1 is 0.600 bits per heavy atom. The van der Waals surface area contributed by atoms with Gasteiger partial charge in [0.2, 0.25) is 0 Å². The van der Waals surface area contributed by atoms with Gasteiger partial charge in [0.15, 0.2) is 0 Å². The lowest BCUT2D eigenvalue weighted by Crippen LogP contribution is -2.05. The van der Waals surface area contributed by atoms with Crippen LogP contribution in [-0.4, -0.2) is 17.8 Å². The molecule has 25 heavy (non-hydrogen) atoms. The van der Waals surface area contributed by atoms with Gasteiger partial charge in [0.05, 0.1) is 6.04 Å². The van der Waals surface area contributed by atoms with Crippen molar-refractivity contribution in [3.05, 3.63) is 4.91 Å². The molecular formula is C22H45NO2. The molecule has 0 saturated carbocycles. The zero-order valence-electron chi connectivity index (χ0n) is 17.0. The van der Waals surface area contributed by atoms with Crippen molar-refractivity contribution in [1.29, 1.82) is 0 Å². The molecule has 0 aliphatic carbocycles. The van der Waals surface area contributed by atoms with E-state index in [4.69, 9.17) is 5.11 Å². The standard InChI is InChI=1S/C22H45NO2/c1-2-3-4-5-6-7-8-9-10-11-12-13-14-15-16-17-18-19-22(23-25)20-21-24/h22,24H,2-21H2,1H3. The first kappa shape index (κ1) is 24.6. The Morgan fingerprint density at radius 2 is 0.960 bits per heavy atom. The number of rotatable bonds is 21. The second-order valence-corrected chi connectivity index (χ2v) is 7.72. The highest BCUT2D eigenvalue weighted by Gasteiger charge is 2.06. The summed E-state index contributed by atoms with van der Waals surface area (Å²) in [5.41, 5.74) is 0. The van der Waals surface area contributed by atoms with Crippen molar-refractivity contribution in [2.45, 2.75) is 135 Å². The van der Waals surface area contributed by atoms with Crippen LogP contribution in [-0.2, 0) is 0 Å². The summed E-state index contributed by atoms with van der Waals surface area (Å²) in [6.07, 6.45) is 24.7. The first-order chi connectivity index (χ1) is 12.3. The molecular weight excluding hydrogens is 310 g/mol. The first-order valence-electron chi connectivity index (χ1n) is 11.3. The summed E-state index contributed by atoms with van der Waals surface area (Å²) in [4.78, 5) is 10.5. The van der Waals surface area contributed by atoms with E-state index in [-0.39, 0.29) is 12.6 Å². The van der Waals surface area contributed by atoms with Crippen molar-refractivity contribution < 1.29 is 5.11 Å².